The molecule has 0 aliphatic heterocycles. The fourth-order valence-corrected chi connectivity index (χ4v) is 3.67. The van der Waals surface area contributed by atoms with Gasteiger partial charge in [-0.1, -0.05) is 13.3 Å². The van der Waals surface area contributed by atoms with Crippen molar-refractivity contribution < 1.29 is 8.78 Å². The van der Waals surface area contributed by atoms with Crippen LogP contribution in [-0.4, -0.2) is 29.8 Å². The topological polar surface area (TPSA) is 48.0 Å². The second-order valence-corrected chi connectivity index (χ2v) is 7.70. The van der Waals surface area contributed by atoms with Gasteiger partial charge in [0.05, 0.1) is 30.3 Å². The summed E-state index contributed by atoms with van der Waals surface area (Å²) in [7, 11) is 0. The van der Waals surface area contributed by atoms with Crippen LogP contribution in [-0.2, 0) is 6.54 Å². The van der Waals surface area contributed by atoms with Gasteiger partial charge in [0.25, 0.3) is 0 Å². The summed E-state index contributed by atoms with van der Waals surface area (Å²) in [4.78, 5) is 8.81. The minimum absolute atomic E-state index is 0.151. The average molecular weight is 395 g/mol. The van der Waals surface area contributed by atoms with E-state index in [-0.39, 0.29) is 6.54 Å². The molecule has 4 rings (SSSR count). The summed E-state index contributed by atoms with van der Waals surface area (Å²) in [6.45, 7) is 5.61. The van der Waals surface area contributed by atoms with E-state index < -0.39 is 11.5 Å². The number of alkyl halides is 1. The van der Waals surface area contributed by atoms with Crippen LogP contribution in [0.4, 0.5) is 8.78 Å². The summed E-state index contributed by atoms with van der Waals surface area (Å²) in [6.07, 6.45) is 9.62. The number of pyridine rings is 2. The van der Waals surface area contributed by atoms with E-state index in [2.05, 4.69) is 15.1 Å². The van der Waals surface area contributed by atoms with Gasteiger partial charge in [0, 0.05) is 35.3 Å². The molecular weight excluding hydrogens is 372 g/mol. The van der Waals surface area contributed by atoms with Crippen LogP contribution in [0.1, 0.15) is 32.4 Å². The molecule has 0 spiro atoms. The van der Waals surface area contributed by atoms with Gasteiger partial charge in [-0.3, -0.25) is 9.67 Å². The van der Waals surface area contributed by atoms with Gasteiger partial charge in [0.15, 0.2) is 0 Å². The molecule has 4 aromatic heterocycles. The first-order valence-electron chi connectivity index (χ1n) is 9.68. The number of fused-ring (bicyclic) bond motifs is 1. The summed E-state index contributed by atoms with van der Waals surface area (Å²) in [6, 6.07) is 5.27. The second-order valence-electron chi connectivity index (χ2n) is 7.70. The molecular formula is C22H23F2N5. The molecule has 29 heavy (non-hydrogen) atoms. The number of nitrogens with zero attached hydrogens (tertiary/aromatic N) is 5. The van der Waals surface area contributed by atoms with Crippen molar-refractivity contribution in [2.45, 2.75) is 45.8 Å². The van der Waals surface area contributed by atoms with Gasteiger partial charge in [0.1, 0.15) is 17.1 Å². The van der Waals surface area contributed by atoms with E-state index in [1.165, 1.54) is 12.3 Å². The van der Waals surface area contributed by atoms with Gasteiger partial charge in [-0.05, 0) is 38.5 Å². The number of hydrogen-bond donors (Lipinski definition) is 0. The first-order chi connectivity index (χ1) is 13.8. The molecule has 0 saturated heterocycles. The van der Waals surface area contributed by atoms with Crippen molar-refractivity contribution in [3.8, 4) is 22.4 Å². The molecule has 7 heteroatoms. The number of halogens is 2. The molecule has 0 aliphatic carbocycles. The van der Waals surface area contributed by atoms with E-state index in [9.17, 15) is 8.78 Å². The van der Waals surface area contributed by atoms with Crippen molar-refractivity contribution in [1.82, 2.24) is 24.1 Å². The van der Waals surface area contributed by atoms with E-state index in [1.54, 1.807) is 24.0 Å². The molecule has 4 aromatic rings. The molecule has 0 aliphatic rings. The third kappa shape index (κ3) is 4.04. The third-order valence-corrected chi connectivity index (χ3v) is 4.92. The highest BCUT2D eigenvalue weighted by Gasteiger charge is 2.23. The maximum Gasteiger partial charge on any atom is 0.142 e. The number of aryl methyl sites for hydroxylation is 1. The molecule has 0 bridgehead atoms. The molecule has 0 aromatic carbocycles. The van der Waals surface area contributed by atoms with Crippen LogP contribution >= 0.6 is 0 Å². The van der Waals surface area contributed by atoms with Gasteiger partial charge in [-0.15, -0.1) is 0 Å². The molecule has 5 nitrogen and oxygen atoms in total. The lowest BCUT2D eigenvalue weighted by atomic mass is 10.0. The van der Waals surface area contributed by atoms with Gasteiger partial charge in [0.2, 0.25) is 0 Å². The lowest BCUT2D eigenvalue weighted by molar-refractivity contribution is 0.141. The molecule has 150 valence electrons. The van der Waals surface area contributed by atoms with Crippen molar-refractivity contribution in [3.63, 3.8) is 0 Å². The zero-order chi connectivity index (χ0) is 20.6. The normalized spacial score (nSPS) is 13.7. The first-order valence-corrected chi connectivity index (χ1v) is 9.68. The summed E-state index contributed by atoms with van der Waals surface area (Å²) in [5.74, 6) is -0.435. The molecule has 0 radical (unpaired) electrons. The third-order valence-electron chi connectivity index (χ3n) is 4.92. The van der Waals surface area contributed by atoms with Crippen LogP contribution < -0.4 is 0 Å². The van der Waals surface area contributed by atoms with Crippen molar-refractivity contribution in [3.05, 3.63) is 60.7 Å². The summed E-state index contributed by atoms with van der Waals surface area (Å²) < 4.78 is 32.1. The Morgan fingerprint density at radius 3 is 2.76 bits per heavy atom. The molecule has 0 amide bonds. The van der Waals surface area contributed by atoms with Crippen molar-refractivity contribution in [2.24, 2.45) is 0 Å². The molecule has 1 atom stereocenters. The predicted octanol–water partition coefficient (Wildman–Crippen LogP) is 5.24. The largest absolute Gasteiger partial charge is 0.307 e. The fraction of sp³-hybridized carbons (Fsp3) is 0.318. The zero-order valence-corrected chi connectivity index (χ0v) is 16.7. The average Bonchev–Trinajstić information content (AvgIpc) is 3.25. The van der Waals surface area contributed by atoms with Crippen LogP contribution in [0.25, 0.3) is 28.0 Å². The highest BCUT2D eigenvalue weighted by atomic mass is 19.1. The smallest absolute Gasteiger partial charge is 0.142 e. The Morgan fingerprint density at radius 1 is 1.14 bits per heavy atom. The zero-order valence-electron chi connectivity index (χ0n) is 16.7. The number of aromatic nitrogens is 5. The summed E-state index contributed by atoms with van der Waals surface area (Å²) >= 11 is 0. The van der Waals surface area contributed by atoms with Gasteiger partial charge >= 0.3 is 0 Å². The Balaban J connectivity index is 1.74. The van der Waals surface area contributed by atoms with Crippen molar-refractivity contribution in [1.29, 1.82) is 0 Å². The van der Waals surface area contributed by atoms with Crippen LogP contribution in [0, 0.1) is 12.7 Å². The maximum atomic E-state index is 14.6. The first kappa shape index (κ1) is 19.2. The van der Waals surface area contributed by atoms with E-state index in [4.69, 9.17) is 0 Å². The van der Waals surface area contributed by atoms with E-state index >= 15 is 0 Å². The minimum Gasteiger partial charge on any atom is -0.307 e. The standard InChI is InChI=1S/C22H23F2N5/c1-4-6-22(3,24)14-29-13-17(10-26-29)19-9-18(23)11-25-21(19)16-5-7-28-12-15(2)27-20(28)8-16/h5,7-13H,4,6,14H2,1-3H3. The van der Waals surface area contributed by atoms with Crippen molar-refractivity contribution in [2.75, 3.05) is 0 Å². The number of rotatable bonds is 6. The molecule has 4 heterocycles. The Labute approximate surface area is 168 Å². The summed E-state index contributed by atoms with van der Waals surface area (Å²) in [5.41, 5.74) is 3.12. The van der Waals surface area contributed by atoms with E-state index in [0.717, 1.165) is 23.3 Å². The predicted molar refractivity (Wildman–Crippen MR) is 109 cm³/mol. The van der Waals surface area contributed by atoms with Crippen LogP contribution in [0.5, 0.6) is 0 Å². The Hall–Kier alpha value is -3.09. The van der Waals surface area contributed by atoms with Crippen LogP contribution in [0.2, 0.25) is 0 Å². The molecule has 0 N–H and O–H groups in total. The lowest BCUT2D eigenvalue weighted by Crippen LogP contribution is -2.25. The van der Waals surface area contributed by atoms with Crippen LogP contribution in [0.3, 0.4) is 0 Å². The van der Waals surface area contributed by atoms with Gasteiger partial charge in [-0.25, -0.2) is 13.8 Å². The monoisotopic (exact) mass is 395 g/mol. The second kappa shape index (κ2) is 7.39. The number of hydrogen-bond acceptors (Lipinski definition) is 3. The van der Waals surface area contributed by atoms with Gasteiger partial charge in [-0.2, -0.15) is 5.10 Å². The molecule has 1 unspecified atom stereocenters. The molecule has 0 saturated carbocycles. The number of imidazole rings is 1. The Kier molecular flexibility index (Phi) is 4.90. The fourth-order valence-electron chi connectivity index (χ4n) is 3.67. The Morgan fingerprint density at radius 2 is 1.97 bits per heavy atom. The van der Waals surface area contributed by atoms with E-state index in [1.807, 2.05) is 42.8 Å². The maximum absolute atomic E-state index is 14.6. The van der Waals surface area contributed by atoms with E-state index in [0.29, 0.717) is 23.2 Å². The van der Waals surface area contributed by atoms with Crippen molar-refractivity contribution >= 4 is 5.65 Å². The highest BCUT2D eigenvalue weighted by Crippen LogP contribution is 2.32. The Bertz CT molecular complexity index is 1160. The summed E-state index contributed by atoms with van der Waals surface area (Å²) in [5, 5.41) is 4.29. The van der Waals surface area contributed by atoms with Crippen LogP contribution in [0.15, 0.2) is 49.2 Å². The lowest BCUT2D eigenvalue weighted by Gasteiger charge is -2.19. The molecule has 0 fully saturated rings. The van der Waals surface area contributed by atoms with Gasteiger partial charge < -0.3 is 4.40 Å². The minimum atomic E-state index is -1.34. The quantitative estimate of drug-likeness (QED) is 0.449. The highest BCUT2D eigenvalue weighted by molar-refractivity contribution is 5.81. The SMILES string of the molecule is CCCC(C)(F)Cn1cc(-c2cc(F)cnc2-c2ccn3cc(C)nc3c2)cn1.